The van der Waals surface area contributed by atoms with E-state index >= 15 is 0 Å². The predicted octanol–water partition coefficient (Wildman–Crippen LogP) is 2.69. The number of guanidine groups is 1. The number of hydrogen-bond donors (Lipinski definition) is 1. The predicted molar refractivity (Wildman–Crippen MR) is 119 cm³/mol. The Kier molecular flexibility index (Phi) is 7.92. The third-order valence-corrected chi connectivity index (χ3v) is 6.03. The number of hydrogen-bond acceptors (Lipinski definition) is 3. The van der Waals surface area contributed by atoms with E-state index in [2.05, 4.69) is 60.3 Å². The number of likely N-dealkylation sites (N-methyl/N-ethyl adjacent to an activating group) is 2. The van der Waals surface area contributed by atoms with Crippen molar-refractivity contribution in [1.29, 1.82) is 0 Å². The van der Waals surface area contributed by atoms with E-state index in [1.165, 1.54) is 30.5 Å². The minimum absolute atomic E-state index is 0.275. The summed E-state index contributed by atoms with van der Waals surface area (Å²) >= 11 is 0. The number of nitrogens with zero attached hydrogens (tertiary/aromatic N) is 4. The summed E-state index contributed by atoms with van der Waals surface area (Å²) in [6.07, 6.45) is 4.25. The molecule has 0 radical (unpaired) electrons. The van der Waals surface area contributed by atoms with Crippen molar-refractivity contribution < 1.29 is 4.79 Å². The van der Waals surface area contributed by atoms with Gasteiger partial charge in [0.2, 0.25) is 5.91 Å². The lowest BCUT2D eigenvalue weighted by Crippen LogP contribution is -2.45. The summed E-state index contributed by atoms with van der Waals surface area (Å²) in [4.78, 5) is 23.6. The fourth-order valence-corrected chi connectivity index (χ4v) is 4.47. The Bertz CT molecular complexity index is 704. The third-order valence-electron chi connectivity index (χ3n) is 6.03. The average Bonchev–Trinajstić information content (AvgIpc) is 3.34. The molecule has 1 aromatic rings. The van der Waals surface area contributed by atoms with Crippen molar-refractivity contribution in [3.63, 3.8) is 0 Å². The molecule has 3 rings (SSSR count). The molecule has 1 unspecified atom stereocenters. The number of nitrogens with one attached hydrogen (secondary N) is 1. The number of amides is 1. The summed E-state index contributed by atoms with van der Waals surface area (Å²) in [5.41, 5.74) is 2.38. The number of likely N-dealkylation sites (tertiary alicyclic amines) is 2. The van der Waals surface area contributed by atoms with Gasteiger partial charge in [-0.2, -0.15) is 0 Å². The number of aliphatic imine (C=N–C) groups is 1. The third kappa shape index (κ3) is 5.95. The summed E-state index contributed by atoms with van der Waals surface area (Å²) in [6.45, 7) is 10.8. The van der Waals surface area contributed by atoms with Crippen molar-refractivity contribution in [2.24, 2.45) is 4.99 Å². The normalized spacial score (nSPS) is 20.5. The molecule has 2 aliphatic heterocycles. The monoisotopic (exact) mass is 399 g/mol. The van der Waals surface area contributed by atoms with Gasteiger partial charge in [-0.25, -0.2) is 4.99 Å². The van der Waals surface area contributed by atoms with E-state index in [4.69, 9.17) is 4.99 Å². The number of benzene rings is 1. The Morgan fingerprint density at radius 3 is 2.79 bits per heavy atom. The van der Waals surface area contributed by atoms with Gasteiger partial charge >= 0.3 is 0 Å². The van der Waals surface area contributed by atoms with Crippen LogP contribution in [0.2, 0.25) is 0 Å². The topological polar surface area (TPSA) is 51.2 Å². The van der Waals surface area contributed by atoms with E-state index in [9.17, 15) is 4.79 Å². The Labute approximate surface area is 176 Å². The lowest BCUT2D eigenvalue weighted by Gasteiger charge is -2.29. The maximum absolute atomic E-state index is 11.9. The van der Waals surface area contributed by atoms with E-state index in [1.54, 1.807) is 0 Å². The highest BCUT2D eigenvalue weighted by Crippen LogP contribution is 2.18. The molecule has 6 nitrogen and oxygen atoms in total. The zero-order chi connectivity index (χ0) is 20.6. The van der Waals surface area contributed by atoms with Gasteiger partial charge < -0.3 is 15.1 Å². The van der Waals surface area contributed by atoms with Gasteiger partial charge in [0.05, 0.1) is 6.54 Å². The van der Waals surface area contributed by atoms with E-state index < -0.39 is 0 Å². The highest BCUT2D eigenvalue weighted by atomic mass is 16.2. The van der Waals surface area contributed by atoms with Crippen LogP contribution in [0.25, 0.3) is 0 Å². The van der Waals surface area contributed by atoms with Crippen LogP contribution in [-0.2, 0) is 17.9 Å². The standard InChI is InChI=1S/C23H37N5O/c1-4-24-23(26(3)18-21-11-7-13-27(21)5-2)25-16-19-9-6-10-20(15-19)17-28-14-8-12-22(28)29/h6,9-10,15,21H,4-5,7-8,11-14,16-18H2,1-3H3,(H,24,25). The zero-order valence-electron chi connectivity index (χ0n) is 18.4. The van der Waals surface area contributed by atoms with Crippen LogP contribution >= 0.6 is 0 Å². The minimum atomic E-state index is 0.275. The van der Waals surface area contributed by atoms with E-state index in [1.807, 2.05) is 4.90 Å². The molecule has 2 saturated heterocycles. The first kappa shape index (κ1) is 21.6. The van der Waals surface area contributed by atoms with Crippen molar-refractivity contribution in [1.82, 2.24) is 20.0 Å². The summed E-state index contributed by atoms with van der Waals surface area (Å²) in [5.74, 6) is 1.24. The molecule has 29 heavy (non-hydrogen) atoms. The van der Waals surface area contributed by atoms with Gasteiger partial charge in [0.15, 0.2) is 5.96 Å². The Hall–Kier alpha value is -2.08. The quantitative estimate of drug-likeness (QED) is 0.539. The molecule has 2 heterocycles. The molecule has 6 heteroatoms. The van der Waals surface area contributed by atoms with Crippen molar-refractivity contribution >= 4 is 11.9 Å². The van der Waals surface area contributed by atoms with Gasteiger partial charge in [-0.15, -0.1) is 0 Å². The molecule has 160 valence electrons. The maximum Gasteiger partial charge on any atom is 0.222 e. The van der Waals surface area contributed by atoms with Gasteiger partial charge in [0.25, 0.3) is 0 Å². The summed E-state index contributed by atoms with van der Waals surface area (Å²) in [6, 6.07) is 9.12. The van der Waals surface area contributed by atoms with Crippen LogP contribution in [0.3, 0.4) is 0 Å². The van der Waals surface area contributed by atoms with Gasteiger partial charge in [0, 0.05) is 45.7 Å². The van der Waals surface area contributed by atoms with Crippen LogP contribution in [-0.4, -0.2) is 72.4 Å². The Morgan fingerprint density at radius 1 is 1.24 bits per heavy atom. The Balaban J connectivity index is 1.61. The molecular weight excluding hydrogens is 362 g/mol. The van der Waals surface area contributed by atoms with Crippen LogP contribution < -0.4 is 5.32 Å². The van der Waals surface area contributed by atoms with Gasteiger partial charge in [-0.1, -0.05) is 31.2 Å². The second-order valence-corrected chi connectivity index (χ2v) is 8.21. The van der Waals surface area contributed by atoms with Crippen molar-refractivity contribution in [2.75, 3.05) is 39.8 Å². The Morgan fingerprint density at radius 2 is 2.07 bits per heavy atom. The molecule has 0 bridgehead atoms. The largest absolute Gasteiger partial charge is 0.357 e. The number of carbonyl (C=O) groups excluding carboxylic acids is 1. The summed E-state index contributed by atoms with van der Waals surface area (Å²) in [7, 11) is 2.14. The molecule has 0 aliphatic carbocycles. The van der Waals surface area contributed by atoms with E-state index in [-0.39, 0.29) is 5.91 Å². The highest BCUT2D eigenvalue weighted by Gasteiger charge is 2.25. The zero-order valence-corrected chi connectivity index (χ0v) is 18.4. The van der Waals surface area contributed by atoms with Crippen LogP contribution in [0.4, 0.5) is 0 Å². The van der Waals surface area contributed by atoms with Gasteiger partial charge in [-0.05, 0) is 50.4 Å². The second-order valence-electron chi connectivity index (χ2n) is 8.21. The maximum atomic E-state index is 11.9. The highest BCUT2D eigenvalue weighted by molar-refractivity contribution is 5.79. The molecular formula is C23H37N5O. The van der Waals surface area contributed by atoms with Crippen molar-refractivity contribution in [2.45, 2.75) is 58.7 Å². The molecule has 1 N–H and O–H groups in total. The lowest BCUT2D eigenvalue weighted by molar-refractivity contribution is -0.128. The molecule has 2 aliphatic rings. The van der Waals surface area contributed by atoms with Gasteiger partial charge in [-0.3, -0.25) is 9.69 Å². The SMILES string of the molecule is CCNC(=NCc1cccc(CN2CCCC2=O)c1)N(C)CC1CCCN1CC. The fraction of sp³-hybridized carbons (Fsp3) is 0.652. The minimum Gasteiger partial charge on any atom is -0.357 e. The number of rotatable bonds is 8. The first-order valence-corrected chi connectivity index (χ1v) is 11.2. The second kappa shape index (κ2) is 10.6. The van der Waals surface area contributed by atoms with Gasteiger partial charge in [0.1, 0.15) is 0 Å². The smallest absolute Gasteiger partial charge is 0.222 e. The number of carbonyl (C=O) groups is 1. The molecule has 1 aromatic carbocycles. The first-order valence-electron chi connectivity index (χ1n) is 11.2. The van der Waals surface area contributed by atoms with E-state index in [0.29, 0.717) is 25.6 Å². The van der Waals surface area contributed by atoms with Crippen LogP contribution in [0.5, 0.6) is 0 Å². The molecule has 1 amide bonds. The van der Waals surface area contributed by atoms with Crippen molar-refractivity contribution in [3.05, 3.63) is 35.4 Å². The molecule has 0 saturated carbocycles. The molecule has 0 aromatic heterocycles. The summed E-state index contributed by atoms with van der Waals surface area (Å²) < 4.78 is 0. The van der Waals surface area contributed by atoms with E-state index in [0.717, 1.165) is 38.6 Å². The van der Waals surface area contributed by atoms with Crippen LogP contribution in [0.1, 0.15) is 50.7 Å². The molecule has 2 fully saturated rings. The first-order chi connectivity index (χ1) is 14.1. The summed E-state index contributed by atoms with van der Waals surface area (Å²) in [5, 5.41) is 3.44. The average molecular weight is 400 g/mol. The molecule has 0 spiro atoms. The molecule has 1 atom stereocenters. The fourth-order valence-electron chi connectivity index (χ4n) is 4.47. The van der Waals surface area contributed by atoms with Crippen LogP contribution in [0, 0.1) is 0 Å². The lowest BCUT2D eigenvalue weighted by atomic mass is 10.1. The van der Waals surface area contributed by atoms with Crippen LogP contribution in [0.15, 0.2) is 29.3 Å². The van der Waals surface area contributed by atoms with Crippen molar-refractivity contribution in [3.8, 4) is 0 Å².